The number of halogens is 2. The summed E-state index contributed by atoms with van der Waals surface area (Å²) in [4.78, 5) is 30.4. The van der Waals surface area contributed by atoms with E-state index in [0.29, 0.717) is 60.9 Å². The first-order valence-electron chi connectivity index (χ1n) is 24.6. The average molecular weight is 1270 g/mol. The van der Waals surface area contributed by atoms with Gasteiger partial charge in [-0.15, -0.1) is 40.8 Å². The Morgan fingerprint density at radius 3 is 1.46 bits per heavy atom. The molecule has 38 heteroatoms. The summed E-state index contributed by atoms with van der Waals surface area (Å²) in [5.74, 6) is 18.9. The van der Waals surface area contributed by atoms with E-state index < -0.39 is 0 Å². The Kier molecular flexibility index (Phi) is 20.3. The lowest BCUT2D eigenvalue weighted by Gasteiger charge is -2.24. The van der Waals surface area contributed by atoms with Gasteiger partial charge in [-0.05, 0) is 50.4 Å². The van der Waals surface area contributed by atoms with Crippen LogP contribution in [0.5, 0.6) is 0 Å². The van der Waals surface area contributed by atoms with Crippen LogP contribution in [0.4, 0.5) is 17.8 Å². The zero-order chi connectivity index (χ0) is 59.6. The van der Waals surface area contributed by atoms with Crippen LogP contribution in [0.1, 0.15) is 79.4 Å². The van der Waals surface area contributed by atoms with Gasteiger partial charge in [-0.1, -0.05) is 122 Å². The molecule has 0 radical (unpaired) electrons. The number of hydrazine groups is 1. The van der Waals surface area contributed by atoms with Crippen molar-refractivity contribution in [2.75, 3.05) is 38.3 Å². The molecule has 0 atom stereocenters. The highest BCUT2D eigenvalue weighted by Crippen LogP contribution is 2.31. The quantitative estimate of drug-likeness (QED) is 0.0370. The molecule has 2 aliphatic rings. The normalized spacial score (nSPS) is 12.7. The highest BCUT2D eigenvalue weighted by Gasteiger charge is 2.29. The van der Waals surface area contributed by atoms with E-state index in [1.165, 1.54) is 9.36 Å². The predicted molar refractivity (Wildman–Crippen MR) is 335 cm³/mol. The van der Waals surface area contributed by atoms with E-state index in [9.17, 15) is 9.59 Å². The van der Waals surface area contributed by atoms with E-state index >= 15 is 0 Å². The van der Waals surface area contributed by atoms with Crippen LogP contribution >= 0.6 is 71.5 Å². The van der Waals surface area contributed by atoms with Crippen LogP contribution in [0.2, 0.25) is 0 Å². The largest absolute Gasteiger partial charge is 0.344 e. The fraction of sp³-hybridized carbons (Fsp3) is 0.348. The summed E-state index contributed by atoms with van der Waals surface area (Å²) in [5, 5.41) is 62.3. The number of hydrogen-bond donors (Lipinski definition) is 11. The van der Waals surface area contributed by atoms with Crippen molar-refractivity contribution in [3.63, 3.8) is 0 Å². The van der Waals surface area contributed by atoms with Crippen LogP contribution in [0.3, 0.4) is 0 Å². The number of nitrogen functional groups attached to an aromatic ring is 3. The average Bonchev–Trinajstić information content (AvgIpc) is 2.34. The number of fused-ring (bicyclic) bond motifs is 5. The molecule has 0 amide bonds. The van der Waals surface area contributed by atoms with Crippen LogP contribution in [-0.2, 0) is 5.41 Å². The maximum absolute atomic E-state index is 12.9. The third kappa shape index (κ3) is 13.8. The van der Waals surface area contributed by atoms with E-state index in [1.807, 2.05) is 56.3 Å². The Bertz CT molecular complexity index is 4210. The lowest BCUT2D eigenvalue weighted by molar-refractivity contribution is 0.559. The topological polar surface area (TPSA) is 453 Å². The number of nitrogens with one attached hydrogen (secondary N) is 6. The van der Waals surface area contributed by atoms with Gasteiger partial charge in [-0.25, -0.2) is 25.4 Å². The van der Waals surface area contributed by atoms with Crippen molar-refractivity contribution in [2.45, 2.75) is 91.9 Å². The lowest BCUT2D eigenvalue weighted by Crippen LogP contribution is -2.29. The number of H-pyrrole nitrogens is 3. The number of anilines is 3. The minimum atomic E-state index is -0.223. The van der Waals surface area contributed by atoms with Gasteiger partial charge in [0.05, 0.1) is 33.6 Å². The number of benzene rings is 2. The molecule has 0 fully saturated rings. The molecule has 8 aromatic heterocycles. The molecular formula is C46H64Cl2N30O2S4. The first-order valence-corrected chi connectivity index (χ1v) is 28.1. The van der Waals surface area contributed by atoms with E-state index in [-0.39, 0.29) is 39.7 Å². The van der Waals surface area contributed by atoms with Crippen molar-refractivity contribution in [1.82, 2.24) is 111 Å². The van der Waals surface area contributed by atoms with E-state index in [4.69, 9.17) is 46.2 Å². The SMILES string of the molecule is CC(C)(C)C1=Nn2c(NCl)nnc2SC1.Cc1nn(-c2nnc3cc(C(C)(C)C)[nH]n23)c(=O)c2ccccc12.Cc1nn(-c2nnc3n2N=C(C(C)(C)C)CS3)c(=O)c2ccccc12.N.N.NNc1n[nH]c(=S)n1N.Nn1c(NCl)n[nH]c1=S. The Balaban J connectivity index is 0.000000178. The monoisotopic (exact) mass is 1270 g/mol. The minimum absolute atomic E-state index is 0. The van der Waals surface area contributed by atoms with E-state index in [0.717, 1.165) is 65.3 Å². The summed E-state index contributed by atoms with van der Waals surface area (Å²) in [6, 6.07) is 16.8. The Labute approximate surface area is 507 Å². The van der Waals surface area contributed by atoms with Gasteiger partial charge in [0, 0.05) is 73.8 Å². The smallest absolute Gasteiger partial charge is 0.282 e. The van der Waals surface area contributed by atoms with Crippen LogP contribution in [0, 0.1) is 34.2 Å². The van der Waals surface area contributed by atoms with Gasteiger partial charge in [0.1, 0.15) is 0 Å². The van der Waals surface area contributed by atoms with Gasteiger partial charge in [0.15, 0.2) is 5.65 Å². The summed E-state index contributed by atoms with van der Waals surface area (Å²) >= 11 is 23.2. The Morgan fingerprint density at radius 1 is 0.595 bits per heavy atom. The number of aromatic nitrogens is 20. The van der Waals surface area contributed by atoms with E-state index in [2.05, 4.69) is 173 Å². The molecule has 2 aliphatic heterocycles. The van der Waals surface area contributed by atoms with Crippen LogP contribution in [0.15, 0.2) is 84.7 Å². The molecule has 84 heavy (non-hydrogen) atoms. The lowest BCUT2D eigenvalue weighted by atomic mass is 9.91. The number of thioether (sulfide) groups is 2. The second-order valence-corrected chi connectivity index (χ2v) is 24.0. The van der Waals surface area contributed by atoms with Gasteiger partial charge in [-0.2, -0.15) is 43.6 Å². The van der Waals surface area contributed by atoms with Crippen molar-refractivity contribution < 1.29 is 0 Å². The van der Waals surface area contributed by atoms with Gasteiger partial charge >= 0.3 is 0 Å². The molecule has 448 valence electrons. The first kappa shape index (κ1) is 65.1. The zero-order valence-electron chi connectivity index (χ0n) is 47.5. The van der Waals surface area contributed by atoms with Crippen molar-refractivity contribution in [3.05, 3.63) is 102 Å². The van der Waals surface area contributed by atoms with Gasteiger partial charge in [-0.3, -0.25) is 29.8 Å². The van der Waals surface area contributed by atoms with Crippen molar-refractivity contribution in [2.24, 2.45) is 26.9 Å². The molecule has 0 spiro atoms. The van der Waals surface area contributed by atoms with Crippen LogP contribution in [-0.4, -0.2) is 122 Å². The maximum atomic E-state index is 12.9. The fourth-order valence-electron chi connectivity index (χ4n) is 7.41. The molecule has 2 aromatic carbocycles. The summed E-state index contributed by atoms with van der Waals surface area (Å²) in [6.45, 7) is 22.8. The van der Waals surface area contributed by atoms with Crippen molar-refractivity contribution in [1.29, 1.82) is 0 Å². The summed E-state index contributed by atoms with van der Waals surface area (Å²) in [6.07, 6.45) is 0. The van der Waals surface area contributed by atoms with Crippen molar-refractivity contribution >= 4 is 128 Å². The molecule has 0 unspecified atom stereocenters. The second kappa shape index (κ2) is 26.2. The summed E-state index contributed by atoms with van der Waals surface area (Å²) in [5.41, 5.74) is 7.07. The molecule has 0 saturated heterocycles. The molecule has 10 heterocycles. The molecule has 18 N–H and O–H groups in total. The third-order valence-electron chi connectivity index (χ3n) is 12.1. The van der Waals surface area contributed by atoms with Gasteiger partial charge in [0.25, 0.3) is 40.9 Å². The highest BCUT2D eigenvalue weighted by atomic mass is 35.5. The highest BCUT2D eigenvalue weighted by molar-refractivity contribution is 8.00. The molecule has 0 saturated carbocycles. The number of aryl methyl sites for hydroxylation is 2. The van der Waals surface area contributed by atoms with Crippen LogP contribution < -0.4 is 56.0 Å². The van der Waals surface area contributed by atoms with Gasteiger partial charge in [0.2, 0.25) is 19.9 Å². The van der Waals surface area contributed by atoms with E-state index in [1.54, 1.807) is 49.5 Å². The standard InChI is InChI=1S/C17H18N6OS.C17H18N6O.C8H12ClN5S.C2H4ClN5S.C2H6N6S.2H3N/c1-10-11-7-5-6-8-12(11)14(24)22(20-10)15-18-19-16-23(15)21-13(9-25-16)17(2,3)4;1-10-11-7-5-6-8-12(11)15(24)23(20-10)16-19-18-14-9-13(17(2,3)4)21-22(14)16;1-8(2,3)5-4-15-7-12-11-6(10-9)14(7)13-5;2*3-5-1-6-7-2(9)8(1)4;;/h5-8H,9H2,1-4H3;5-9,21H,1-4H3;4H2,1-3H3,(H,10,11);4H2,(H,5,6)(H,7,9);3-4H2,(H,5,6)(H,7,9);2*1H3. The molecule has 0 aliphatic carbocycles. The molecular weight excluding hydrogens is 1200 g/mol. The second-order valence-electron chi connectivity index (χ2n) is 21.0. The molecule has 12 rings (SSSR count). The number of hydrogen-bond acceptors (Lipinski definition) is 26. The number of aromatic amines is 3. The van der Waals surface area contributed by atoms with Gasteiger partial charge < -0.3 is 24.0 Å². The molecule has 0 bridgehead atoms. The molecule has 10 aromatic rings. The first-order chi connectivity index (χ1) is 38.7. The number of rotatable bonds is 5. The Morgan fingerprint density at radius 2 is 1.04 bits per heavy atom. The molecule has 32 nitrogen and oxygen atoms in total. The predicted octanol–water partition coefficient (Wildman–Crippen LogP) is 6.69. The fourth-order valence-corrected chi connectivity index (χ4v) is 10.1. The van der Waals surface area contributed by atoms with Crippen LogP contribution in [0.25, 0.3) is 39.1 Å². The Hall–Kier alpha value is -8.10. The minimum Gasteiger partial charge on any atom is -0.344 e. The number of nitrogens with zero attached hydrogens (tertiary/aromatic N) is 19. The summed E-state index contributed by atoms with van der Waals surface area (Å²) < 4.78 is 10.5. The number of nitrogens with two attached hydrogens (primary N) is 3. The third-order valence-corrected chi connectivity index (χ3v) is 14.9. The maximum Gasteiger partial charge on any atom is 0.282 e. The zero-order valence-corrected chi connectivity index (χ0v) is 52.2. The summed E-state index contributed by atoms with van der Waals surface area (Å²) in [7, 11) is 0. The van der Waals surface area contributed by atoms with Crippen molar-refractivity contribution in [3.8, 4) is 11.9 Å².